The largest absolute Gasteiger partial charge is 0.497 e. The molecule has 1 aliphatic rings. The first kappa shape index (κ1) is 18.5. The fraction of sp³-hybridized carbons (Fsp3) is 0.318. The summed E-state index contributed by atoms with van der Waals surface area (Å²) < 4.78 is 10.7. The van der Waals surface area contributed by atoms with Crippen LogP contribution in [0.25, 0.3) is 10.9 Å². The van der Waals surface area contributed by atoms with E-state index in [4.69, 9.17) is 9.47 Å². The van der Waals surface area contributed by atoms with Crippen LogP contribution in [0, 0.1) is 0 Å². The SMILES string of the molecule is COc1ccc2cc(C(=O)NC(CN3CCOCC3)c3ccccc3)[nH]c2c1. The zero-order chi connectivity index (χ0) is 19.3. The highest BCUT2D eigenvalue weighted by Gasteiger charge is 2.21. The molecule has 6 nitrogen and oxygen atoms in total. The third-order valence-corrected chi connectivity index (χ3v) is 5.13. The lowest BCUT2D eigenvalue weighted by atomic mass is 10.1. The summed E-state index contributed by atoms with van der Waals surface area (Å²) in [5.74, 6) is 0.646. The zero-order valence-electron chi connectivity index (χ0n) is 16.0. The van der Waals surface area contributed by atoms with Gasteiger partial charge in [0.15, 0.2) is 0 Å². The predicted octanol–water partition coefficient (Wildman–Crippen LogP) is 2.98. The van der Waals surface area contributed by atoms with E-state index in [2.05, 4.69) is 27.3 Å². The first-order valence-electron chi connectivity index (χ1n) is 9.55. The maximum Gasteiger partial charge on any atom is 0.268 e. The van der Waals surface area contributed by atoms with Gasteiger partial charge in [-0.3, -0.25) is 9.69 Å². The highest BCUT2D eigenvalue weighted by atomic mass is 16.5. The second-order valence-electron chi connectivity index (χ2n) is 6.99. The topological polar surface area (TPSA) is 66.6 Å². The summed E-state index contributed by atoms with van der Waals surface area (Å²) in [5.41, 5.74) is 2.53. The number of rotatable bonds is 6. The summed E-state index contributed by atoms with van der Waals surface area (Å²) in [6.07, 6.45) is 0. The average Bonchev–Trinajstić information content (AvgIpc) is 3.18. The summed E-state index contributed by atoms with van der Waals surface area (Å²) in [5, 5.41) is 4.18. The van der Waals surface area contributed by atoms with E-state index in [1.807, 2.05) is 42.5 Å². The van der Waals surface area contributed by atoms with Gasteiger partial charge in [0.2, 0.25) is 0 Å². The number of H-pyrrole nitrogens is 1. The van der Waals surface area contributed by atoms with Crippen molar-refractivity contribution < 1.29 is 14.3 Å². The van der Waals surface area contributed by atoms with Gasteiger partial charge in [-0.25, -0.2) is 0 Å². The van der Waals surface area contributed by atoms with Crippen LogP contribution in [0.5, 0.6) is 5.75 Å². The molecule has 146 valence electrons. The Balaban J connectivity index is 1.54. The molecule has 0 bridgehead atoms. The molecule has 1 saturated heterocycles. The maximum absolute atomic E-state index is 13.0. The van der Waals surface area contributed by atoms with Gasteiger partial charge in [0.1, 0.15) is 11.4 Å². The fourth-order valence-electron chi connectivity index (χ4n) is 3.55. The molecular weight excluding hydrogens is 354 g/mol. The number of fused-ring (bicyclic) bond motifs is 1. The summed E-state index contributed by atoms with van der Waals surface area (Å²) in [6.45, 7) is 3.99. The molecule has 0 aliphatic carbocycles. The Morgan fingerprint density at radius 1 is 1.18 bits per heavy atom. The Morgan fingerprint density at radius 2 is 1.96 bits per heavy atom. The summed E-state index contributed by atoms with van der Waals surface area (Å²) in [7, 11) is 1.63. The van der Waals surface area contributed by atoms with E-state index < -0.39 is 0 Å². The fourth-order valence-corrected chi connectivity index (χ4v) is 3.55. The maximum atomic E-state index is 13.0. The Labute approximate surface area is 164 Å². The molecule has 0 radical (unpaired) electrons. The van der Waals surface area contributed by atoms with Crippen molar-refractivity contribution in [2.45, 2.75) is 6.04 Å². The Hall–Kier alpha value is -2.83. The van der Waals surface area contributed by atoms with Gasteiger partial charge in [0, 0.05) is 36.6 Å². The van der Waals surface area contributed by atoms with Gasteiger partial charge in [0.25, 0.3) is 5.91 Å². The Bertz CT molecular complexity index is 933. The van der Waals surface area contributed by atoms with Crippen LogP contribution in [0.3, 0.4) is 0 Å². The van der Waals surface area contributed by atoms with Crippen molar-refractivity contribution >= 4 is 16.8 Å². The molecule has 1 unspecified atom stereocenters. The lowest BCUT2D eigenvalue weighted by Gasteiger charge is -2.31. The van der Waals surface area contributed by atoms with Crippen molar-refractivity contribution in [1.82, 2.24) is 15.2 Å². The molecule has 1 atom stereocenters. The van der Waals surface area contributed by atoms with Gasteiger partial charge in [0.05, 0.1) is 26.4 Å². The Morgan fingerprint density at radius 3 is 2.71 bits per heavy atom. The van der Waals surface area contributed by atoms with Crippen LogP contribution in [0.2, 0.25) is 0 Å². The molecule has 4 rings (SSSR count). The van der Waals surface area contributed by atoms with Crippen molar-refractivity contribution in [1.29, 1.82) is 0 Å². The van der Waals surface area contributed by atoms with E-state index in [0.29, 0.717) is 5.69 Å². The number of hydrogen-bond donors (Lipinski definition) is 2. The van der Waals surface area contributed by atoms with Gasteiger partial charge >= 0.3 is 0 Å². The molecule has 2 aromatic carbocycles. The van der Waals surface area contributed by atoms with Crippen LogP contribution >= 0.6 is 0 Å². The molecule has 1 fully saturated rings. The van der Waals surface area contributed by atoms with Gasteiger partial charge in [-0.15, -0.1) is 0 Å². The molecule has 6 heteroatoms. The Kier molecular flexibility index (Phi) is 5.60. The van der Waals surface area contributed by atoms with Crippen LogP contribution in [0.15, 0.2) is 54.6 Å². The molecule has 2 heterocycles. The minimum atomic E-state index is -0.114. The summed E-state index contributed by atoms with van der Waals surface area (Å²) in [6, 6.07) is 17.6. The van der Waals surface area contributed by atoms with E-state index in [9.17, 15) is 4.79 Å². The highest BCUT2D eigenvalue weighted by molar-refractivity contribution is 5.98. The van der Waals surface area contributed by atoms with E-state index in [1.54, 1.807) is 7.11 Å². The molecule has 1 aliphatic heterocycles. The van der Waals surface area contributed by atoms with Crippen molar-refractivity contribution in [3.8, 4) is 5.75 Å². The van der Waals surface area contributed by atoms with E-state index in [1.165, 1.54) is 0 Å². The lowest BCUT2D eigenvalue weighted by Crippen LogP contribution is -2.43. The zero-order valence-corrected chi connectivity index (χ0v) is 16.0. The van der Waals surface area contributed by atoms with Gasteiger partial charge in [-0.2, -0.15) is 0 Å². The first-order valence-corrected chi connectivity index (χ1v) is 9.55. The number of methoxy groups -OCH3 is 1. The van der Waals surface area contributed by atoms with Crippen LogP contribution < -0.4 is 10.1 Å². The van der Waals surface area contributed by atoms with Crippen molar-refractivity contribution in [2.24, 2.45) is 0 Å². The normalized spacial score (nSPS) is 16.0. The second-order valence-corrected chi connectivity index (χ2v) is 6.99. The smallest absolute Gasteiger partial charge is 0.268 e. The predicted molar refractivity (Wildman–Crippen MR) is 109 cm³/mol. The number of carbonyl (C=O) groups is 1. The first-order chi connectivity index (χ1) is 13.7. The van der Waals surface area contributed by atoms with E-state index >= 15 is 0 Å². The highest BCUT2D eigenvalue weighted by Crippen LogP contribution is 2.22. The molecule has 0 spiro atoms. The van der Waals surface area contributed by atoms with Crippen LogP contribution in [-0.2, 0) is 4.74 Å². The second kappa shape index (κ2) is 8.46. The molecule has 28 heavy (non-hydrogen) atoms. The number of amides is 1. The third kappa shape index (κ3) is 4.18. The number of nitrogens with zero attached hydrogens (tertiary/aromatic N) is 1. The average molecular weight is 379 g/mol. The molecule has 2 N–H and O–H groups in total. The quantitative estimate of drug-likeness (QED) is 0.691. The number of aromatic amines is 1. The lowest BCUT2D eigenvalue weighted by molar-refractivity contribution is 0.0332. The van der Waals surface area contributed by atoms with Gasteiger partial charge < -0.3 is 19.8 Å². The number of hydrogen-bond acceptors (Lipinski definition) is 4. The minimum Gasteiger partial charge on any atom is -0.497 e. The summed E-state index contributed by atoms with van der Waals surface area (Å²) >= 11 is 0. The third-order valence-electron chi connectivity index (χ3n) is 5.13. The standard InChI is InChI=1S/C22H25N3O3/c1-27-18-8-7-17-13-20(23-19(17)14-18)22(26)24-21(16-5-3-2-4-6-16)15-25-9-11-28-12-10-25/h2-8,13-14,21,23H,9-12,15H2,1H3,(H,24,26). The molecule has 0 saturated carbocycles. The van der Waals surface area contributed by atoms with Crippen LogP contribution in [0.4, 0.5) is 0 Å². The van der Waals surface area contributed by atoms with Crippen molar-refractivity contribution in [3.63, 3.8) is 0 Å². The molecular formula is C22H25N3O3. The van der Waals surface area contributed by atoms with Crippen molar-refractivity contribution in [3.05, 3.63) is 65.9 Å². The van der Waals surface area contributed by atoms with Crippen LogP contribution in [0.1, 0.15) is 22.1 Å². The molecule has 1 amide bonds. The van der Waals surface area contributed by atoms with Crippen LogP contribution in [-0.4, -0.2) is 55.7 Å². The van der Waals surface area contributed by atoms with Gasteiger partial charge in [-0.1, -0.05) is 30.3 Å². The van der Waals surface area contributed by atoms with E-state index in [0.717, 1.165) is 55.1 Å². The summed E-state index contributed by atoms with van der Waals surface area (Å²) in [4.78, 5) is 18.5. The number of carbonyl (C=O) groups excluding carboxylic acids is 1. The van der Waals surface area contributed by atoms with E-state index in [-0.39, 0.29) is 11.9 Å². The number of benzene rings is 2. The minimum absolute atomic E-state index is 0.0900. The number of aromatic nitrogens is 1. The monoisotopic (exact) mass is 379 g/mol. The van der Waals surface area contributed by atoms with Gasteiger partial charge in [-0.05, 0) is 23.8 Å². The number of nitrogens with one attached hydrogen (secondary N) is 2. The number of morpholine rings is 1. The number of ether oxygens (including phenoxy) is 2. The molecule has 3 aromatic rings. The van der Waals surface area contributed by atoms with Crippen molar-refractivity contribution in [2.75, 3.05) is 40.0 Å². The molecule has 1 aromatic heterocycles.